The smallest absolute Gasteiger partial charge is 0.294 e. The fourth-order valence-corrected chi connectivity index (χ4v) is 6.01. The monoisotopic (exact) mass is 555 g/mol. The van der Waals surface area contributed by atoms with Crippen LogP contribution in [0.25, 0.3) is 22.2 Å². The predicted molar refractivity (Wildman–Crippen MR) is 158 cm³/mol. The minimum Gasteiger partial charge on any atom is -0.494 e. The Bertz CT molecular complexity index is 1660. The summed E-state index contributed by atoms with van der Waals surface area (Å²) in [5, 5.41) is 16.5. The van der Waals surface area contributed by atoms with Crippen LogP contribution >= 0.6 is 0 Å². The molecule has 212 valence electrons. The first-order valence-electron chi connectivity index (χ1n) is 14.0. The van der Waals surface area contributed by atoms with Gasteiger partial charge in [-0.2, -0.15) is 0 Å². The van der Waals surface area contributed by atoms with Gasteiger partial charge in [0, 0.05) is 75.1 Å². The van der Waals surface area contributed by atoms with Crippen LogP contribution in [0.3, 0.4) is 0 Å². The average Bonchev–Trinajstić information content (AvgIpc) is 3.37. The Kier molecular flexibility index (Phi) is 6.94. The second kappa shape index (κ2) is 10.7. The molecule has 4 heterocycles. The van der Waals surface area contributed by atoms with Crippen LogP contribution in [-0.2, 0) is 24.2 Å². The van der Waals surface area contributed by atoms with Crippen molar-refractivity contribution in [1.82, 2.24) is 19.4 Å². The maximum absolute atomic E-state index is 12.2. The van der Waals surface area contributed by atoms with Gasteiger partial charge in [0.25, 0.3) is 5.69 Å². The van der Waals surface area contributed by atoms with E-state index in [0.717, 1.165) is 42.6 Å². The molecule has 0 radical (unpaired) electrons. The van der Waals surface area contributed by atoms with Gasteiger partial charge >= 0.3 is 0 Å². The van der Waals surface area contributed by atoms with Gasteiger partial charge < -0.3 is 24.4 Å². The number of ether oxygens (including phenoxy) is 1. The van der Waals surface area contributed by atoms with E-state index in [9.17, 15) is 14.9 Å². The van der Waals surface area contributed by atoms with Crippen LogP contribution in [0, 0.1) is 10.1 Å². The third-order valence-electron chi connectivity index (χ3n) is 8.13. The number of piperazine rings is 1. The van der Waals surface area contributed by atoms with Gasteiger partial charge in [0.15, 0.2) is 0 Å². The highest BCUT2D eigenvalue weighted by Gasteiger charge is 2.27. The van der Waals surface area contributed by atoms with Crippen LogP contribution in [-0.4, -0.2) is 63.6 Å². The molecule has 0 saturated carbocycles. The largest absolute Gasteiger partial charge is 0.494 e. The molecule has 1 saturated heterocycles. The number of carbonyl (C=O) groups excluding carboxylic acids is 1. The zero-order valence-electron chi connectivity index (χ0n) is 23.5. The van der Waals surface area contributed by atoms with Gasteiger partial charge in [0.05, 0.1) is 28.9 Å². The number of carbonyl (C=O) groups is 1. The molecular weight excluding hydrogens is 522 g/mol. The predicted octanol–water partition coefficient (Wildman–Crippen LogP) is 4.94. The summed E-state index contributed by atoms with van der Waals surface area (Å²) in [6, 6.07) is 9.60. The van der Waals surface area contributed by atoms with Crippen LogP contribution in [0.5, 0.6) is 5.75 Å². The normalized spacial score (nSPS) is 14.8. The maximum atomic E-state index is 12.2. The summed E-state index contributed by atoms with van der Waals surface area (Å²) < 4.78 is 7.98. The zero-order valence-corrected chi connectivity index (χ0v) is 23.5. The van der Waals surface area contributed by atoms with Crippen LogP contribution in [0.2, 0.25) is 0 Å². The Labute approximate surface area is 237 Å². The SMILES string of the molecule is CCc1cnc(Nc2cc([N+](=O)[O-])c(N3CCN(C(C)=O)CC3)cc2OC)nc1-c1cn2c3c(cccc13)CCC2. The Morgan fingerprint density at radius 2 is 1.98 bits per heavy atom. The molecule has 1 N–H and O–H groups in total. The van der Waals surface area contributed by atoms with E-state index in [1.54, 1.807) is 11.0 Å². The summed E-state index contributed by atoms with van der Waals surface area (Å²) in [6.45, 7) is 6.60. The van der Waals surface area contributed by atoms with Crippen LogP contribution < -0.4 is 15.0 Å². The van der Waals surface area contributed by atoms with E-state index in [-0.39, 0.29) is 11.6 Å². The van der Waals surface area contributed by atoms with Crippen molar-refractivity contribution in [3.8, 4) is 17.0 Å². The van der Waals surface area contributed by atoms with E-state index >= 15 is 0 Å². The van der Waals surface area contributed by atoms with E-state index in [1.165, 1.54) is 36.6 Å². The molecule has 1 fully saturated rings. The number of methoxy groups -OCH3 is 1. The first-order chi connectivity index (χ1) is 19.9. The second-order valence-electron chi connectivity index (χ2n) is 10.5. The first-order valence-corrected chi connectivity index (χ1v) is 14.0. The van der Waals surface area contributed by atoms with Crippen LogP contribution in [0.15, 0.2) is 42.7 Å². The highest BCUT2D eigenvalue weighted by atomic mass is 16.6. The van der Waals surface area contributed by atoms with Crippen molar-refractivity contribution in [1.29, 1.82) is 0 Å². The molecule has 6 rings (SSSR count). The molecule has 0 unspecified atom stereocenters. The molecule has 0 spiro atoms. The number of nitrogens with zero attached hydrogens (tertiary/aromatic N) is 6. The quantitative estimate of drug-likeness (QED) is 0.252. The third kappa shape index (κ3) is 4.81. The van der Waals surface area contributed by atoms with Crippen molar-refractivity contribution in [2.75, 3.05) is 43.5 Å². The Hall–Kier alpha value is -4.67. The molecule has 0 aliphatic carbocycles. The van der Waals surface area contributed by atoms with Gasteiger partial charge in [-0.15, -0.1) is 0 Å². The zero-order chi connectivity index (χ0) is 28.7. The molecule has 11 nitrogen and oxygen atoms in total. The first kappa shape index (κ1) is 26.5. The summed E-state index contributed by atoms with van der Waals surface area (Å²) in [7, 11) is 1.53. The minimum atomic E-state index is -0.391. The van der Waals surface area contributed by atoms with Crippen molar-refractivity contribution in [3.05, 3.63) is 64.0 Å². The van der Waals surface area contributed by atoms with Gasteiger partial charge in [-0.1, -0.05) is 25.1 Å². The topological polar surface area (TPSA) is 119 Å². The Morgan fingerprint density at radius 1 is 1.17 bits per heavy atom. The summed E-state index contributed by atoms with van der Waals surface area (Å²) in [6.07, 6.45) is 6.95. The van der Waals surface area contributed by atoms with Crippen molar-refractivity contribution < 1.29 is 14.5 Å². The molecule has 41 heavy (non-hydrogen) atoms. The number of aromatic nitrogens is 3. The number of hydrogen-bond donors (Lipinski definition) is 1. The highest BCUT2D eigenvalue weighted by Crippen LogP contribution is 2.40. The van der Waals surface area contributed by atoms with E-state index in [4.69, 9.17) is 9.72 Å². The molecule has 2 aromatic carbocycles. The molecule has 0 atom stereocenters. The van der Waals surface area contributed by atoms with Gasteiger partial charge in [0.2, 0.25) is 11.9 Å². The Balaban J connectivity index is 1.37. The fourth-order valence-electron chi connectivity index (χ4n) is 6.01. The fraction of sp³-hybridized carbons (Fsp3) is 0.367. The van der Waals surface area contributed by atoms with Crippen LogP contribution in [0.4, 0.5) is 23.0 Å². The molecule has 11 heteroatoms. The lowest BCUT2D eigenvalue weighted by Crippen LogP contribution is -2.48. The number of para-hydroxylation sites is 1. The summed E-state index contributed by atoms with van der Waals surface area (Å²) >= 11 is 0. The number of aryl methyl sites for hydroxylation is 3. The molecule has 2 aliphatic heterocycles. The van der Waals surface area contributed by atoms with Gasteiger partial charge in [-0.3, -0.25) is 14.9 Å². The minimum absolute atomic E-state index is 0.00228. The van der Waals surface area contributed by atoms with Crippen molar-refractivity contribution in [3.63, 3.8) is 0 Å². The number of nitro groups is 1. The third-order valence-corrected chi connectivity index (χ3v) is 8.13. The number of amides is 1. The maximum Gasteiger partial charge on any atom is 0.294 e. The van der Waals surface area contributed by atoms with E-state index in [0.29, 0.717) is 49.3 Å². The molecular formula is C30H33N7O4. The average molecular weight is 556 g/mol. The molecule has 2 aromatic heterocycles. The van der Waals surface area contributed by atoms with Crippen LogP contribution in [0.1, 0.15) is 31.4 Å². The highest BCUT2D eigenvalue weighted by molar-refractivity contribution is 5.98. The Morgan fingerprint density at radius 3 is 2.68 bits per heavy atom. The van der Waals surface area contributed by atoms with E-state index in [2.05, 4.69) is 46.2 Å². The number of rotatable bonds is 7. The van der Waals surface area contributed by atoms with Crippen molar-refractivity contribution >= 4 is 39.8 Å². The molecule has 1 amide bonds. The van der Waals surface area contributed by atoms with Gasteiger partial charge in [-0.05, 0) is 30.4 Å². The molecule has 4 aromatic rings. The van der Waals surface area contributed by atoms with Gasteiger partial charge in [0.1, 0.15) is 11.4 Å². The number of anilines is 3. The number of nitrogens with one attached hydrogen (secondary N) is 1. The second-order valence-corrected chi connectivity index (χ2v) is 10.5. The molecule has 2 aliphatic rings. The van der Waals surface area contributed by atoms with E-state index in [1.807, 2.05) is 11.1 Å². The lowest BCUT2D eigenvalue weighted by Gasteiger charge is -2.35. The summed E-state index contributed by atoms with van der Waals surface area (Å²) in [5.41, 5.74) is 6.36. The molecule has 0 bridgehead atoms. The number of hydrogen-bond acceptors (Lipinski definition) is 8. The lowest BCUT2D eigenvalue weighted by atomic mass is 10.0. The number of benzene rings is 2. The van der Waals surface area contributed by atoms with E-state index < -0.39 is 4.92 Å². The number of nitro benzene ring substituents is 1. The van der Waals surface area contributed by atoms with Gasteiger partial charge in [-0.25, -0.2) is 9.97 Å². The lowest BCUT2D eigenvalue weighted by molar-refractivity contribution is -0.384. The summed E-state index contributed by atoms with van der Waals surface area (Å²) in [5.74, 6) is 0.776. The van der Waals surface area contributed by atoms with Crippen molar-refractivity contribution in [2.24, 2.45) is 0 Å². The standard InChI is InChI=1S/C30H33N7O4/c1-4-20-17-31-30(33-28(20)23-18-36-10-6-8-21-7-5-9-22(23)29(21)36)32-24-15-26(37(39)40)25(16-27(24)41-3)35-13-11-34(12-14-35)19(2)38/h5,7,9,15-18H,4,6,8,10-14H2,1-3H3,(H,31,32,33). The van der Waals surface area contributed by atoms with Crippen molar-refractivity contribution in [2.45, 2.75) is 39.7 Å². The summed E-state index contributed by atoms with van der Waals surface area (Å²) in [4.78, 5) is 36.7.